The highest BCUT2D eigenvalue weighted by Gasteiger charge is 1.97. The Labute approximate surface area is 88.1 Å². The molecule has 0 heterocycles. The number of halogens is 1. The summed E-state index contributed by atoms with van der Waals surface area (Å²) in [4.78, 5) is 1.22. The lowest BCUT2D eigenvalue weighted by Crippen LogP contribution is -1.85. The van der Waals surface area contributed by atoms with Crippen LogP contribution in [0.25, 0.3) is 0 Å². The second kappa shape index (κ2) is 5.53. The van der Waals surface area contributed by atoms with E-state index in [1.54, 1.807) is 11.8 Å². The van der Waals surface area contributed by atoms with E-state index in [-0.39, 0.29) is 6.61 Å². The smallest absolute Gasteiger partial charge is 0.0439 e. The largest absolute Gasteiger partial charge is 0.396 e. The van der Waals surface area contributed by atoms with E-state index in [1.165, 1.54) is 4.90 Å². The van der Waals surface area contributed by atoms with Crippen LogP contribution in [0, 0.1) is 6.92 Å². The molecule has 0 aliphatic carbocycles. The Hall–Kier alpha value is -0.180. The van der Waals surface area contributed by atoms with Crippen molar-refractivity contribution in [1.82, 2.24) is 0 Å². The summed E-state index contributed by atoms with van der Waals surface area (Å²) < 4.78 is 0. The summed E-state index contributed by atoms with van der Waals surface area (Å²) in [7, 11) is 0. The zero-order valence-electron chi connectivity index (χ0n) is 7.59. The molecule has 0 aromatic heterocycles. The van der Waals surface area contributed by atoms with Gasteiger partial charge in [0.1, 0.15) is 0 Å². The average molecular weight is 217 g/mol. The van der Waals surface area contributed by atoms with Gasteiger partial charge in [0.05, 0.1) is 0 Å². The van der Waals surface area contributed by atoms with Crippen molar-refractivity contribution >= 4 is 23.4 Å². The van der Waals surface area contributed by atoms with E-state index in [0.717, 1.165) is 22.8 Å². The predicted molar refractivity (Wildman–Crippen MR) is 58.6 cm³/mol. The van der Waals surface area contributed by atoms with Crippen LogP contribution >= 0.6 is 23.4 Å². The minimum absolute atomic E-state index is 0.263. The number of aryl methyl sites for hydroxylation is 1. The monoisotopic (exact) mass is 216 g/mol. The molecule has 1 nitrogen and oxygen atoms in total. The highest BCUT2D eigenvalue weighted by molar-refractivity contribution is 7.99. The van der Waals surface area contributed by atoms with Crippen LogP contribution in [0.15, 0.2) is 23.1 Å². The first-order valence-electron chi connectivity index (χ1n) is 4.24. The van der Waals surface area contributed by atoms with Gasteiger partial charge in [-0.2, -0.15) is 0 Å². The Morgan fingerprint density at radius 2 is 2.23 bits per heavy atom. The fraction of sp³-hybridized carbons (Fsp3) is 0.400. The van der Waals surface area contributed by atoms with Crippen LogP contribution in [-0.4, -0.2) is 17.5 Å². The number of hydrogen-bond acceptors (Lipinski definition) is 2. The maximum atomic E-state index is 8.61. The van der Waals surface area contributed by atoms with Crippen molar-refractivity contribution < 1.29 is 5.11 Å². The zero-order chi connectivity index (χ0) is 9.68. The lowest BCUT2D eigenvalue weighted by Gasteiger charge is -2.02. The second-order valence-electron chi connectivity index (χ2n) is 2.84. The van der Waals surface area contributed by atoms with Crippen LogP contribution in [0.4, 0.5) is 0 Å². The SMILES string of the molecule is Cc1cc(SCCCO)ccc1Cl. The molecule has 72 valence electrons. The van der Waals surface area contributed by atoms with Gasteiger partial charge in [0.15, 0.2) is 0 Å². The van der Waals surface area contributed by atoms with Gasteiger partial charge in [0.25, 0.3) is 0 Å². The van der Waals surface area contributed by atoms with E-state index in [4.69, 9.17) is 16.7 Å². The summed E-state index contributed by atoms with van der Waals surface area (Å²) in [5, 5.41) is 9.42. The van der Waals surface area contributed by atoms with Gasteiger partial charge >= 0.3 is 0 Å². The van der Waals surface area contributed by atoms with Gasteiger partial charge < -0.3 is 5.11 Å². The fourth-order valence-electron chi connectivity index (χ4n) is 0.962. The predicted octanol–water partition coefficient (Wildman–Crippen LogP) is 3.12. The lowest BCUT2D eigenvalue weighted by atomic mass is 10.2. The normalized spacial score (nSPS) is 10.4. The number of thioether (sulfide) groups is 1. The molecule has 1 aromatic carbocycles. The van der Waals surface area contributed by atoms with Gasteiger partial charge in [0.2, 0.25) is 0 Å². The fourth-order valence-corrected chi connectivity index (χ4v) is 2.01. The molecule has 0 bridgehead atoms. The van der Waals surface area contributed by atoms with Gasteiger partial charge in [-0.25, -0.2) is 0 Å². The molecule has 1 aromatic rings. The van der Waals surface area contributed by atoms with Crippen molar-refractivity contribution in [3.05, 3.63) is 28.8 Å². The van der Waals surface area contributed by atoms with Gasteiger partial charge in [-0.1, -0.05) is 11.6 Å². The number of hydrogen-bond donors (Lipinski definition) is 1. The highest BCUT2D eigenvalue weighted by atomic mass is 35.5. The van der Waals surface area contributed by atoms with Crippen molar-refractivity contribution in [2.45, 2.75) is 18.2 Å². The van der Waals surface area contributed by atoms with Gasteiger partial charge in [-0.05, 0) is 37.1 Å². The summed E-state index contributed by atoms with van der Waals surface area (Å²) in [6, 6.07) is 6.00. The van der Waals surface area contributed by atoms with Crippen LogP contribution in [0.3, 0.4) is 0 Å². The molecule has 0 spiro atoms. The van der Waals surface area contributed by atoms with E-state index in [2.05, 4.69) is 6.07 Å². The van der Waals surface area contributed by atoms with Crippen LogP contribution in [0.1, 0.15) is 12.0 Å². The Kier molecular flexibility index (Phi) is 4.64. The number of rotatable bonds is 4. The topological polar surface area (TPSA) is 20.2 Å². The minimum atomic E-state index is 0.263. The van der Waals surface area contributed by atoms with Crippen molar-refractivity contribution in [3.63, 3.8) is 0 Å². The van der Waals surface area contributed by atoms with E-state index in [1.807, 2.05) is 19.1 Å². The van der Waals surface area contributed by atoms with E-state index in [0.29, 0.717) is 0 Å². The molecule has 0 atom stereocenters. The molecule has 1 N–H and O–H groups in total. The van der Waals surface area contributed by atoms with Crippen molar-refractivity contribution in [2.75, 3.05) is 12.4 Å². The molecule has 1 rings (SSSR count). The molecule has 3 heteroatoms. The first-order valence-corrected chi connectivity index (χ1v) is 5.60. The zero-order valence-corrected chi connectivity index (χ0v) is 9.16. The highest BCUT2D eigenvalue weighted by Crippen LogP contribution is 2.24. The molecule has 0 saturated heterocycles. The first kappa shape index (κ1) is 10.9. The van der Waals surface area contributed by atoms with E-state index in [9.17, 15) is 0 Å². The van der Waals surface area contributed by atoms with Gasteiger partial charge in [0, 0.05) is 22.3 Å². The van der Waals surface area contributed by atoms with Crippen molar-refractivity contribution in [1.29, 1.82) is 0 Å². The summed E-state index contributed by atoms with van der Waals surface area (Å²) in [6.07, 6.45) is 0.840. The summed E-state index contributed by atoms with van der Waals surface area (Å²) >= 11 is 7.64. The molecule has 0 saturated carbocycles. The van der Waals surface area contributed by atoms with E-state index < -0.39 is 0 Å². The maximum absolute atomic E-state index is 8.61. The molecule has 0 aliphatic heterocycles. The van der Waals surface area contributed by atoms with Crippen LogP contribution < -0.4 is 0 Å². The standard InChI is InChI=1S/C10H13ClOS/c1-8-7-9(3-4-10(8)11)13-6-2-5-12/h3-4,7,12H,2,5-6H2,1H3. The second-order valence-corrected chi connectivity index (χ2v) is 4.41. The Morgan fingerprint density at radius 3 is 2.85 bits per heavy atom. The number of aliphatic hydroxyl groups excluding tert-OH is 1. The van der Waals surface area contributed by atoms with Gasteiger partial charge in [-0.3, -0.25) is 0 Å². The summed E-state index contributed by atoms with van der Waals surface area (Å²) in [5.41, 5.74) is 1.11. The van der Waals surface area contributed by atoms with Crippen molar-refractivity contribution in [2.24, 2.45) is 0 Å². The lowest BCUT2D eigenvalue weighted by molar-refractivity contribution is 0.296. The van der Waals surface area contributed by atoms with Crippen LogP contribution in [0.2, 0.25) is 5.02 Å². The van der Waals surface area contributed by atoms with Crippen LogP contribution in [-0.2, 0) is 0 Å². The Balaban J connectivity index is 2.53. The summed E-state index contributed by atoms with van der Waals surface area (Å²) in [6.45, 7) is 2.26. The molecule has 0 radical (unpaired) electrons. The molecule has 13 heavy (non-hydrogen) atoms. The maximum Gasteiger partial charge on any atom is 0.0439 e. The first-order chi connectivity index (χ1) is 6.24. The third-order valence-electron chi connectivity index (χ3n) is 1.70. The molecule has 0 aliphatic rings. The number of aliphatic hydroxyl groups is 1. The Morgan fingerprint density at radius 1 is 1.46 bits per heavy atom. The minimum Gasteiger partial charge on any atom is -0.396 e. The number of benzene rings is 1. The molecule has 0 unspecified atom stereocenters. The molecule has 0 amide bonds. The van der Waals surface area contributed by atoms with Gasteiger partial charge in [-0.15, -0.1) is 11.8 Å². The summed E-state index contributed by atoms with van der Waals surface area (Å²) in [5.74, 6) is 0.956. The Bertz CT molecular complexity index is 276. The average Bonchev–Trinajstić information content (AvgIpc) is 2.12. The molecular weight excluding hydrogens is 204 g/mol. The van der Waals surface area contributed by atoms with E-state index >= 15 is 0 Å². The quantitative estimate of drug-likeness (QED) is 0.617. The van der Waals surface area contributed by atoms with Crippen molar-refractivity contribution in [3.8, 4) is 0 Å². The molecule has 0 fully saturated rings. The molecular formula is C10H13ClOS. The third kappa shape index (κ3) is 3.59. The van der Waals surface area contributed by atoms with Crippen LogP contribution in [0.5, 0.6) is 0 Å². The third-order valence-corrected chi connectivity index (χ3v) is 3.20.